The Morgan fingerprint density at radius 2 is 1.87 bits per heavy atom. The number of aromatic nitrogens is 4. The van der Waals surface area contributed by atoms with E-state index in [9.17, 15) is 9.59 Å². The van der Waals surface area contributed by atoms with Crippen LogP contribution in [0.25, 0.3) is 22.8 Å². The fourth-order valence-corrected chi connectivity index (χ4v) is 3.69. The first-order valence-electron chi connectivity index (χ1n) is 9.87. The fraction of sp³-hybridized carbons (Fsp3) is 0.130. The molecule has 0 aliphatic carbocycles. The number of primary amides is 1. The number of rotatable bonds is 5. The number of benzene rings is 2. The number of hydrogen-bond acceptors (Lipinski definition) is 5. The molecule has 1 amide bonds. The van der Waals surface area contributed by atoms with E-state index in [1.54, 1.807) is 0 Å². The number of carbonyl (C=O) groups excluding carboxylic acids is 1. The van der Waals surface area contributed by atoms with Crippen molar-refractivity contribution in [2.45, 2.75) is 13.0 Å². The zero-order valence-corrected chi connectivity index (χ0v) is 16.5. The van der Waals surface area contributed by atoms with Crippen molar-refractivity contribution in [3.8, 4) is 5.75 Å². The van der Waals surface area contributed by atoms with Crippen molar-refractivity contribution >= 4 is 28.7 Å². The van der Waals surface area contributed by atoms with Gasteiger partial charge in [-0.3, -0.25) is 9.36 Å². The van der Waals surface area contributed by atoms with E-state index >= 15 is 0 Å². The number of imidazole rings is 1. The average Bonchev–Trinajstić information content (AvgIpc) is 3.12. The lowest BCUT2D eigenvalue weighted by Crippen LogP contribution is -2.19. The Bertz CT molecular complexity index is 1390. The molecule has 154 valence electrons. The maximum atomic E-state index is 12.6. The summed E-state index contributed by atoms with van der Waals surface area (Å²) in [5.74, 6) is 0.343. The Morgan fingerprint density at radius 1 is 1.10 bits per heavy atom. The number of aromatic amines is 1. The van der Waals surface area contributed by atoms with E-state index in [1.807, 2.05) is 60.7 Å². The van der Waals surface area contributed by atoms with Crippen molar-refractivity contribution in [1.82, 2.24) is 19.5 Å². The number of carbonyl (C=O) groups is 1. The smallest absolute Gasteiger partial charge is 0.327 e. The topological polar surface area (TPSA) is 116 Å². The van der Waals surface area contributed by atoms with Gasteiger partial charge >= 0.3 is 5.69 Å². The van der Waals surface area contributed by atoms with Crippen LogP contribution in [0.2, 0.25) is 0 Å². The third-order valence-corrected chi connectivity index (χ3v) is 5.24. The van der Waals surface area contributed by atoms with Crippen LogP contribution in [0.15, 0.2) is 59.4 Å². The van der Waals surface area contributed by atoms with Crippen molar-refractivity contribution in [3.63, 3.8) is 0 Å². The molecule has 1 aliphatic heterocycles. The molecule has 0 bridgehead atoms. The van der Waals surface area contributed by atoms with Gasteiger partial charge in [0, 0.05) is 17.7 Å². The molecule has 0 saturated heterocycles. The lowest BCUT2D eigenvalue weighted by atomic mass is 10.1. The van der Waals surface area contributed by atoms with Gasteiger partial charge in [0.2, 0.25) is 0 Å². The maximum absolute atomic E-state index is 12.6. The van der Waals surface area contributed by atoms with E-state index in [0.29, 0.717) is 30.0 Å². The van der Waals surface area contributed by atoms with Gasteiger partial charge in [-0.15, -0.1) is 0 Å². The van der Waals surface area contributed by atoms with Gasteiger partial charge in [-0.2, -0.15) is 0 Å². The van der Waals surface area contributed by atoms with E-state index in [0.717, 1.165) is 16.9 Å². The molecular formula is C23H19N5O3. The number of ether oxygens (including phenoxy) is 1. The normalized spacial score (nSPS) is 12.8. The lowest BCUT2D eigenvalue weighted by molar-refractivity contribution is 0.0997. The quantitative estimate of drug-likeness (QED) is 0.521. The van der Waals surface area contributed by atoms with E-state index in [2.05, 4.69) is 15.0 Å². The van der Waals surface area contributed by atoms with E-state index < -0.39 is 5.91 Å². The summed E-state index contributed by atoms with van der Waals surface area (Å²) in [6.07, 6.45) is 2.56. The Labute approximate surface area is 177 Å². The van der Waals surface area contributed by atoms with Crippen molar-refractivity contribution in [2.75, 3.05) is 6.61 Å². The number of para-hydroxylation sites is 1. The molecule has 2 aromatic heterocycles. The number of amides is 1. The van der Waals surface area contributed by atoms with Crippen LogP contribution in [0.4, 0.5) is 0 Å². The SMILES string of the molecule is NC(=O)c1nc(C2=Cc3ccccc3OC2)nc2c1[nH]c(=O)n2CCc1ccccc1. The van der Waals surface area contributed by atoms with Gasteiger partial charge in [0.05, 0.1) is 0 Å². The molecule has 0 fully saturated rings. The fourth-order valence-electron chi connectivity index (χ4n) is 3.69. The Hall–Kier alpha value is -4.20. The molecule has 1 aliphatic rings. The predicted octanol–water partition coefficient (Wildman–Crippen LogP) is 2.39. The zero-order chi connectivity index (χ0) is 21.4. The Balaban J connectivity index is 1.61. The molecule has 0 saturated carbocycles. The van der Waals surface area contributed by atoms with Crippen LogP contribution in [0.3, 0.4) is 0 Å². The highest BCUT2D eigenvalue weighted by Crippen LogP contribution is 2.29. The van der Waals surface area contributed by atoms with Gasteiger partial charge in [-0.25, -0.2) is 14.8 Å². The summed E-state index contributed by atoms with van der Waals surface area (Å²) in [7, 11) is 0. The van der Waals surface area contributed by atoms with Crippen LogP contribution in [0.1, 0.15) is 27.4 Å². The number of H-pyrrole nitrogens is 1. The highest BCUT2D eigenvalue weighted by Gasteiger charge is 2.22. The predicted molar refractivity (Wildman–Crippen MR) is 117 cm³/mol. The highest BCUT2D eigenvalue weighted by atomic mass is 16.5. The Morgan fingerprint density at radius 3 is 2.68 bits per heavy atom. The summed E-state index contributed by atoms with van der Waals surface area (Å²) in [5.41, 5.74) is 8.46. The second kappa shape index (κ2) is 7.56. The van der Waals surface area contributed by atoms with Crippen LogP contribution < -0.4 is 16.2 Å². The van der Waals surface area contributed by atoms with Gasteiger partial charge in [0.25, 0.3) is 5.91 Å². The third-order valence-electron chi connectivity index (χ3n) is 5.24. The van der Waals surface area contributed by atoms with Crippen molar-refractivity contribution in [1.29, 1.82) is 0 Å². The summed E-state index contributed by atoms with van der Waals surface area (Å²) in [5, 5.41) is 0. The zero-order valence-electron chi connectivity index (χ0n) is 16.5. The number of nitrogens with zero attached hydrogens (tertiary/aromatic N) is 3. The van der Waals surface area contributed by atoms with Crippen LogP contribution >= 0.6 is 0 Å². The van der Waals surface area contributed by atoms with Crippen molar-refractivity contribution in [3.05, 3.63) is 87.7 Å². The summed E-state index contributed by atoms with van der Waals surface area (Å²) < 4.78 is 7.31. The summed E-state index contributed by atoms with van der Waals surface area (Å²) in [6, 6.07) is 17.5. The highest BCUT2D eigenvalue weighted by molar-refractivity contribution is 6.02. The average molecular weight is 413 g/mol. The summed E-state index contributed by atoms with van der Waals surface area (Å²) in [4.78, 5) is 36.4. The van der Waals surface area contributed by atoms with E-state index in [1.165, 1.54) is 4.57 Å². The van der Waals surface area contributed by atoms with E-state index in [4.69, 9.17) is 10.5 Å². The molecule has 0 radical (unpaired) electrons. The van der Waals surface area contributed by atoms with Gasteiger partial charge < -0.3 is 15.5 Å². The standard InChI is InChI=1S/C23H19N5O3/c24-20(29)18-19-22(28(23(30)26-19)11-10-14-6-2-1-3-7-14)27-21(25-18)16-12-15-8-4-5-9-17(15)31-13-16/h1-9,12H,10-11,13H2,(H2,24,29)(H,26,30). The molecule has 0 unspecified atom stereocenters. The van der Waals surface area contributed by atoms with Crippen LogP contribution in [0, 0.1) is 0 Å². The summed E-state index contributed by atoms with van der Waals surface area (Å²) >= 11 is 0. The van der Waals surface area contributed by atoms with Gasteiger partial charge in [-0.1, -0.05) is 48.5 Å². The number of nitrogens with two attached hydrogens (primary N) is 1. The largest absolute Gasteiger partial charge is 0.488 e. The first kappa shape index (κ1) is 18.8. The lowest BCUT2D eigenvalue weighted by Gasteiger charge is -2.17. The summed E-state index contributed by atoms with van der Waals surface area (Å²) in [6.45, 7) is 0.648. The van der Waals surface area contributed by atoms with Crippen molar-refractivity contribution in [2.24, 2.45) is 5.73 Å². The van der Waals surface area contributed by atoms with E-state index in [-0.39, 0.29) is 23.5 Å². The minimum atomic E-state index is -0.733. The minimum absolute atomic E-state index is 0.0182. The number of hydrogen-bond donors (Lipinski definition) is 2. The molecule has 8 heteroatoms. The monoisotopic (exact) mass is 413 g/mol. The molecule has 8 nitrogen and oxygen atoms in total. The molecular weight excluding hydrogens is 394 g/mol. The second-order valence-corrected chi connectivity index (χ2v) is 7.27. The molecule has 0 spiro atoms. The first-order chi connectivity index (χ1) is 15.1. The molecule has 3 heterocycles. The van der Waals surface area contributed by atoms with Gasteiger partial charge in [0.15, 0.2) is 17.2 Å². The Kier molecular flexibility index (Phi) is 4.59. The number of nitrogens with one attached hydrogen (secondary N) is 1. The molecule has 4 aromatic rings. The third kappa shape index (κ3) is 3.48. The van der Waals surface area contributed by atoms with Crippen LogP contribution in [-0.4, -0.2) is 32.0 Å². The number of aryl methyl sites for hydroxylation is 2. The molecule has 0 atom stereocenters. The van der Waals surface area contributed by atoms with Gasteiger partial charge in [0.1, 0.15) is 17.9 Å². The molecule has 5 rings (SSSR count). The maximum Gasteiger partial charge on any atom is 0.327 e. The van der Waals surface area contributed by atoms with Crippen LogP contribution in [0.5, 0.6) is 5.75 Å². The van der Waals surface area contributed by atoms with Crippen LogP contribution in [-0.2, 0) is 13.0 Å². The molecule has 2 aromatic carbocycles. The molecule has 31 heavy (non-hydrogen) atoms. The number of fused-ring (bicyclic) bond motifs is 2. The second-order valence-electron chi connectivity index (χ2n) is 7.27. The first-order valence-corrected chi connectivity index (χ1v) is 9.87. The van der Waals surface area contributed by atoms with Gasteiger partial charge in [-0.05, 0) is 24.1 Å². The minimum Gasteiger partial charge on any atom is -0.488 e. The molecule has 3 N–H and O–H groups in total. The van der Waals surface area contributed by atoms with Crippen molar-refractivity contribution < 1.29 is 9.53 Å².